The second kappa shape index (κ2) is 12.9. The zero-order valence-corrected chi connectivity index (χ0v) is 23.4. The van der Waals surface area contributed by atoms with Crippen molar-refractivity contribution in [2.75, 3.05) is 19.6 Å². The molecule has 4 rings (SSSR count). The van der Waals surface area contributed by atoms with Crippen molar-refractivity contribution in [3.8, 4) is 0 Å². The lowest BCUT2D eigenvalue weighted by Crippen LogP contribution is -2.50. The van der Waals surface area contributed by atoms with Crippen molar-refractivity contribution < 1.29 is 9.59 Å². The Bertz CT molecular complexity index is 1160. The number of imidazole rings is 1. The van der Waals surface area contributed by atoms with E-state index in [0.29, 0.717) is 36.8 Å². The first-order valence-corrected chi connectivity index (χ1v) is 14.1. The van der Waals surface area contributed by atoms with Crippen molar-refractivity contribution in [1.82, 2.24) is 29.7 Å². The number of rotatable bonds is 10. The summed E-state index contributed by atoms with van der Waals surface area (Å²) in [5, 5.41) is 7.51. The van der Waals surface area contributed by atoms with Crippen LogP contribution < -0.4 is 5.32 Å². The zero-order valence-electron chi connectivity index (χ0n) is 21.1. The number of aryl methyl sites for hydroxylation is 1. The molecule has 1 atom stereocenters. The fraction of sp³-hybridized carbons (Fsp3) is 0.462. The van der Waals surface area contributed by atoms with E-state index in [1.54, 1.807) is 36.9 Å². The van der Waals surface area contributed by atoms with Crippen LogP contribution in [0.4, 0.5) is 0 Å². The molecule has 0 saturated carbocycles. The average molecular weight is 564 g/mol. The molecule has 1 fully saturated rings. The molecule has 1 aliphatic rings. The largest absolute Gasteiger partial charge is 0.352 e. The highest BCUT2D eigenvalue weighted by atomic mass is 35.5. The van der Waals surface area contributed by atoms with E-state index >= 15 is 0 Å². The van der Waals surface area contributed by atoms with E-state index in [9.17, 15) is 9.59 Å². The molecule has 37 heavy (non-hydrogen) atoms. The number of nitrogens with one attached hydrogen (secondary N) is 1. The number of aromatic nitrogens is 3. The van der Waals surface area contributed by atoms with Gasteiger partial charge in [-0.15, -0.1) is 0 Å². The SMILES string of the molecule is Cc1cc(Cl)nc(Cl)c1C(=O)NCC[C@@H](C)N1CCC(N(Cc2ccsc2)C(=O)Cn2ccnc2)CC1. The molecule has 0 aliphatic carbocycles. The van der Waals surface area contributed by atoms with Gasteiger partial charge in [-0.05, 0) is 67.1 Å². The summed E-state index contributed by atoms with van der Waals surface area (Å²) in [5.74, 6) is -0.123. The summed E-state index contributed by atoms with van der Waals surface area (Å²) in [6.45, 7) is 7.25. The van der Waals surface area contributed by atoms with Gasteiger partial charge >= 0.3 is 0 Å². The number of hydrogen-bond donors (Lipinski definition) is 1. The fourth-order valence-electron chi connectivity index (χ4n) is 4.80. The van der Waals surface area contributed by atoms with Crippen molar-refractivity contribution in [2.24, 2.45) is 0 Å². The summed E-state index contributed by atoms with van der Waals surface area (Å²) < 4.78 is 1.82. The van der Waals surface area contributed by atoms with Crippen LogP contribution in [-0.4, -0.2) is 67.9 Å². The van der Waals surface area contributed by atoms with Gasteiger partial charge in [0.2, 0.25) is 5.91 Å². The summed E-state index contributed by atoms with van der Waals surface area (Å²) in [7, 11) is 0. The number of halogens is 2. The van der Waals surface area contributed by atoms with Gasteiger partial charge in [0, 0.05) is 50.7 Å². The molecule has 2 amide bonds. The molecule has 8 nitrogen and oxygen atoms in total. The van der Waals surface area contributed by atoms with Crippen LogP contribution in [0.3, 0.4) is 0 Å². The Kier molecular flexibility index (Phi) is 9.59. The van der Waals surface area contributed by atoms with Gasteiger partial charge in [0.25, 0.3) is 5.91 Å². The first kappa shape index (κ1) is 27.6. The third-order valence-corrected chi connectivity index (χ3v) is 8.11. The molecule has 1 aliphatic heterocycles. The van der Waals surface area contributed by atoms with Crippen molar-refractivity contribution in [2.45, 2.75) is 58.3 Å². The Labute approximate surface area is 231 Å². The topological polar surface area (TPSA) is 83.4 Å². The van der Waals surface area contributed by atoms with Crippen LogP contribution in [0.1, 0.15) is 47.7 Å². The molecule has 1 saturated heterocycles. The predicted molar refractivity (Wildman–Crippen MR) is 147 cm³/mol. The molecule has 0 radical (unpaired) electrons. The molecule has 198 valence electrons. The highest BCUT2D eigenvalue weighted by Crippen LogP contribution is 2.23. The monoisotopic (exact) mass is 562 g/mol. The van der Waals surface area contributed by atoms with Crippen LogP contribution in [0.15, 0.2) is 41.6 Å². The second-order valence-electron chi connectivity index (χ2n) is 9.48. The molecule has 11 heteroatoms. The maximum atomic E-state index is 13.2. The molecule has 3 aromatic heterocycles. The van der Waals surface area contributed by atoms with E-state index in [-0.39, 0.29) is 28.2 Å². The van der Waals surface area contributed by atoms with Gasteiger partial charge in [0.05, 0.1) is 11.9 Å². The summed E-state index contributed by atoms with van der Waals surface area (Å²) in [5.41, 5.74) is 2.24. The van der Waals surface area contributed by atoms with Gasteiger partial charge < -0.3 is 19.7 Å². The van der Waals surface area contributed by atoms with E-state index in [1.165, 1.54) is 5.56 Å². The Morgan fingerprint density at radius 3 is 2.73 bits per heavy atom. The first-order chi connectivity index (χ1) is 17.8. The Hall–Kier alpha value is -2.46. The van der Waals surface area contributed by atoms with Crippen LogP contribution in [0.25, 0.3) is 0 Å². The van der Waals surface area contributed by atoms with Gasteiger partial charge in [-0.2, -0.15) is 11.3 Å². The van der Waals surface area contributed by atoms with Gasteiger partial charge in [-0.1, -0.05) is 23.2 Å². The highest BCUT2D eigenvalue weighted by molar-refractivity contribution is 7.07. The average Bonchev–Trinajstić information content (AvgIpc) is 3.56. The molecule has 0 aromatic carbocycles. The van der Waals surface area contributed by atoms with Crippen molar-refractivity contribution in [3.63, 3.8) is 0 Å². The van der Waals surface area contributed by atoms with E-state index in [0.717, 1.165) is 32.4 Å². The van der Waals surface area contributed by atoms with Gasteiger partial charge in [0.1, 0.15) is 16.9 Å². The molecule has 4 heterocycles. The standard InChI is InChI=1S/C26H32Cl2N6O2S/c1-18-13-22(27)31-25(28)24(18)26(36)30-7-3-19(2)33-9-4-21(5-10-33)34(14-20-6-12-37-16-20)23(35)15-32-11-8-29-17-32/h6,8,11-13,16-17,19,21H,3-5,7,9-10,14-15H2,1-2H3,(H,30,36)/t19-/m1/s1. The number of carbonyl (C=O) groups is 2. The molecule has 0 bridgehead atoms. The van der Waals surface area contributed by atoms with Gasteiger partial charge in [-0.3, -0.25) is 9.59 Å². The number of hydrogen-bond acceptors (Lipinski definition) is 6. The zero-order chi connectivity index (χ0) is 26.4. The minimum Gasteiger partial charge on any atom is -0.352 e. The lowest BCUT2D eigenvalue weighted by molar-refractivity contribution is -0.136. The van der Waals surface area contributed by atoms with Crippen LogP contribution in [0.2, 0.25) is 10.3 Å². The molecular weight excluding hydrogens is 531 g/mol. The molecule has 0 unspecified atom stereocenters. The minimum absolute atomic E-state index is 0.115. The third-order valence-electron chi connectivity index (χ3n) is 6.91. The molecular formula is C26H32Cl2N6O2S. The smallest absolute Gasteiger partial charge is 0.254 e. The Balaban J connectivity index is 1.28. The van der Waals surface area contributed by atoms with E-state index in [1.807, 2.05) is 15.7 Å². The van der Waals surface area contributed by atoms with Crippen molar-refractivity contribution >= 4 is 46.4 Å². The number of carbonyl (C=O) groups excluding carboxylic acids is 2. The number of amides is 2. The Morgan fingerprint density at radius 2 is 2.08 bits per heavy atom. The fourth-order valence-corrected chi connectivity index (χ4v) is 6.08. The quantitative estimate of drug-likeness (QED) is 0.363. The Morgan fingerprint density at radius 1 is 1.30 bits per heavy atom. The number of pyridine rings is 1. The predicted octanol–water partition coefficient (Wildman–Crippen LogP) is 4.66. The van der Waals surface area contributed by atoms with Crippen LogP contribution in [0, 0.1) is 6.92 Å². The van der Waals surface area contributed by atoms with Gasteiger partial charge in [0.15, 0.2) is 0 Å². The van der Waals surface area contributed by atoms with E-state index < -0.39 is 0 Å². The van der Waals surface area contributed by atoms with E-state index in [2.05, 4.69) is 43.9 Å². The third kappa shape index (κ3) is 7.31. The summed E-state index contributed by atoms with van der Waals surface area (Å²) >= 11 is 13.7. The normalized spacial score (nSPS) is 15.5. The number of thiophene rings is 1. The van der Waals surface area contributed by atoms with Crippen LogP contribution in [0.5, 0.6) is 0 Å². The molecule has 3 aromatic rings. The summed E-state index contributed by atoms with van der Waals surface area (Å²) in [4.78, 5) is 38.4. The van der Waals surface area contributed by atoms with E-state index in [4.69, 9.17) is 23.2 Å². The molecule has 0 spiro atoms. The van der Waals surface area contributed by atoms with Crippen molar-refractivity contribution in [1.29, 1.82) is 0 Å². The minimum atomic E-state index is -0.238. The van der Waals surface area contributed by atoms with Gasteiger partial charge in [-0.25, -0.2) is 9.97 Å². The second-order valence-corrected chi connectivity index (χ2v) is 11.0. The first-order valence-electron chi connectivity index (χ1n) is 12.4. The van der Waals surface area contributed by atoms with Crippen LogP contribution in [-0.2, 0) is 17.9 Å². The van der Waals surface area contributed by atoms with Crippen LogP contribution >= 0.6 is 34.5 Å². The number of nitrogens with zero attached hydrogens (tertiary/aromatic N) is 5. The number of likely N-dealkylation sites (tertiary alicyclic amines) is 1. The summed E-state index contributed by atoms with van der Waals surface area (Å²) in [6.07, 6.45) is 7.85. The highest BCUT2D eigenvalue weighted by Gasteiger charge is 2.30. The van der Waals surface area contributed by atoms with Crippen molar-refractivity contribution in [3.05, 3.63) is 68.6 Å². The molecule has 1 N–H and O–H groups in total. The summed E-state index contributed by atoms with van der Waals surface area (Å²) in [6, 6.07) is 4.22. The maximum Gasteiger partial charge on any atom is 0.254 e. The number of piperidine rings is 1. The lowest BCUT2D eigenvalue weighted by Gasteiger charge is -2.41. The maximum absolute atomic E-state index is 13.2. The lowest BCUT2D eigenvalue weighted by atomic mass is 10.00.